The normalized spacial score (nSPS) is 11.2. The van der Waals surface area contributed by atoms with E-state index in [4.69, 9.17) is 4.74 Å². The first-order chi connectivity index (χ1) is 8.33. The molecule has 17 heavy (non-hydrogen) atoms. The van der Waals surface area contributed by atoms with Gasteiger partial charge < -0.3 is 14.6 Å². The van der Waals surface area contributed by atoms with Crippen molar-refractivity contribution in [1.82, 2.24) is 19.9 Å². The quantitative estimate of drug-likeness (QED) is 0.826. The first kappa shape index (κ1) is 11.9. The number of H-pyrrole nitrogens is 1. The summed E-state index contributed by atoms with van der Waals surface area (Å²) in [5, 5.41) is 0. The second-order valence-corrected chi connectivity index (χ2v) is 3.79. The minimum Gasteiger partial charge on any atom is -0.463 e. The number of nitrogens with zero attached hydrogens (tertiary/aromatic N) is 3. The van der Waals surface area contributed by atoms with Gasteiger partial charge in [-0.05, 0) is 25.2 Å². The summed E-state index contributed by atoms with van der Waals surface area (Å²) in [5.41, 5.74) is 1.61. The van der Waals surface area contributed by atoms with Crippen LogP contribution in [0.2, 0.25) is 0 Å². The van der Waals surface area contributed by atoms with E-state index in [-0.39, 0.29) is 0 Å². The van der Waals surface area contributed by atoms with Crippen LogP contribution in [0.3, 0.4) is 0 Å². The van der Waals surface area contributed by atoms with E-state index in [1.165, 1.54) is 0 Å². The molecule has 5 heteroatoms. The molecule has 0 aromatic carbocycles. The van der Waals surface area contributed by atoms with Gasteiger partial charge in [-0.15, -0.1) is 0 Å². The predicted octanol–water partition coefficient (Wildman–Crippen LogP) is 1.68. The predicted molar refractivity (Wildman–Crippen MR) is 67.2 cm³/mol. The van der Waals surface area contributed by atoms with Gasteiger partial charge in [0.15, 0.2) is 5.65 Å². The van der Waals surface area contributed by atoms with Crippen molar-refractivity contribution >= 4 is 11.2 Å². The van der Waals surface area contributed by atoms with Gasteiger partial charge in [-0.1, -0.05) is 13.8 Å². The average molecular weight is 234 g/mol. The number of hydrogen-bond donors (Lipinski definition) is 1. The molecule has 0 unspecified atom stereocenters. The van der Waals surface area contributed by atoms with Crippen LogP contribution in [0.15, 0.2) is 18.3 Å². The molecule has 2 heterocycles. The van der Waals surface area contributed by atoms with Crippen molar-refractivity contribution in [3.8, 4) is 6.01 Å². The van der Waals surface area contributed by atoms with Crippen LogP contribution in [0, 0.1) is 0 Å². The fraction of sp³-hybridized carbons (Fsp3) is 0.500. The molecule has 0 saturated carbocycles. The molecule has 1 N–H and O–H groups in total. The molecule has 0 aliphatic rings. The molecule has 0 bridgehead atoms. The van der Waals surface area contributed by atoms with Gasteiger partial charge >= 0.3 is 0 Å². The monoisotopic (exact) mass is 234 g/mol. The number of hydrogen-bond acceptors (Lipinski definition) is 4. The van der Waals surface area contributed by atoms with Gasteiger partial charge in [-0.3, -0.25) is 0 Å². The zero-order chi connectivity index (χ0) is 12.1. The van der Waals surface area contributed by atoms with E-state index in [1.54, 1.807) is 6.20 Å². The number of aromatic amines is 1. The molecule has 0 radical (unpaired) electrons. The zero-order valence-corrected chi connectivity index (χ0v) is 10.3. The molecule has 0 saturated heterocycles. The lowest BCUT2D eigenvalue weighted by molar-refractivity contribution is 0.214. The van der Waals surface area contributed by atoms with Gasteiger partial charge in [0.1, 0.15) is 6.61 Å². The second kappa shape index (κ2) is 5.63. The standard InChI is InChI=1S/C12H18N4O/c1-3-16(4-2)8-9-17-12-14-10-6-5-7-13-11(10)15-12/h5-7H,3-4,8-9H2,1-2H3,(H,13,14,15). The van der Waals surface area contributed by atoms with Crippen molar-refractivity contribution in [2.75, 3.05) is 26.2 Å². The van der Waals surface area contributed by atoms with Crippen molar-refractivity contribution in [2.45, 2.75) is 13.8 Å². The van der Waals surface area contributed by atoms with E-state index < -0.39 is 0 Å². The first-order valence-corrected chi connectivity index (χ1v) is 5.99. The number of imidazole rings is 1. The van der Waals surface area contributed by atoms with E-state index in [0.29, 0.717) is 18.3 Å². The van der Waals surface area contributed by atoms with Crippen LogP contribution < -0.4 is 4.74 Å². The fourth-order valence-electron chi connectivity index (χ4n) is 1.70. The maximum Gasteiger partial charge on any atom is 0.296 e. The van der Waals surface area contributed by atoms with Crippen LogP contribution in [0.1, 0.15) is 13.8 Å². The fourth-order valence-corrected chi connectivity index (χ4v) is 1.70. The minimum atomic E-state index is 0.547. The Hall–Kier alpha value is -1.62. The number of ether oxygens (including phenoxy) is 1. The number of nitrogens with one attached hydrogen (secondary N) is 1. The van der Waals surface area contributed by atoms with Crippen LogP contribution >= 0.6 is 0 Å². The third-order valence-corrected chi connectivity index (χ3v) is 2.78. The molecule has 0 fully saturated rings. The summed E-state index contributed by atoms with van der Waals surface area (Å²) >= 11 is 0. The van der Waals surface area contributed by atoms with Gasteiger partial charge in [-0.25, -0.2) is 4.98 Å². The molecule has 0 aliphatic carbocycles. The van der Waals surface area contributed by atoms with E-state index in [0.717, 1.165) is 25.2 Å². The Balaban J connectivity index is 1.90. The zero-order valence-electron chi connectivity index (χ0n) is 10.3. The van der Waals surface area contributed by atoms with Crippen LogP contribution in [-0.4, -0.2) is 46.1 Å². The smallest absolute Gasteiger partial charge is 0.296 e. The number of aromatic nitrogens is 3. The summed E-state index contributed by atoms with van der Waals surface area (Å²) in [6.45, 7) is 7.94. The molecular weight excluding hydrogens is 216 g/mol. The summed E-state index contributed by atoms with van der Waals surface area (Å²) in [5.74, 6) is 0. The maximum atomic E-state index is 5.58. The topological polar surface area (TPSA) is 54.0 Å². The van der Waals surface area contributed by atoms with Crippen molar-refractivity contribution in [3.63, 3.8) is 0 Å². The molecule has 0 spiro atoms. The molecule has 2 aromatic rings. The van der Waals surface area contributed by atoms with Crippen molar-refractivity contribution in [3.05, 3.63) is 18.3 Å². The van der Waals surface area contributed by atoms with Gasteiger partial charge in [0.2, 0.25) is 0 Å². The van der Waals surface area contributed by atoms with E-state index in [1.807, 2.05) is 12.1 Å². The van der Waals surface area contributed by atoms with Gasteiger partial charge in [-0.2, -0.15) is 4.98 Å². The number of rotatable bonds is 6. The summed E-state index contributed by atoms with van der Waals surface area (Å²) in [6.07, 6.45) is 1.73. The van der Waals surface area contributed by atoms with E-state index >= 15 is 0 Å². The molecular formula is C12H18N4O. The molecule has 0 atom stereocenters. The Bertz CT molecular complexity index is 431. The van der Waals surface area contributed by atoms with Crippen LogP contribution in [0.4, 0.5) is 0 Å². The lowest BCUT2D eigenvalue weighted by Crippen LogP contribution is -2.28. The summed E-state index contributed by atoms with van der Waals surface area (Å²) in [7, 11) is 0. The Morgan fingerprint density at radius 2 is 2.18 bits per heavy atom. The molecule has 0 aliphatic heterocycles. The molecule has 2 rings (SSSR count). The minimum absolute atomic E-state index is 0.547. The highest BCUT2D eigenvalue weighted by Gasteiger charge is 2.04. The summed E-state index contributed by atoms with van der Waals surface area (Å²) < 4.78 is 5.58. The Morgan fingerprint density at radius 3 is 2.88 bits per heavy atom. The molecule has 92 valence electrons. The van der Waals surface area contributed by atoms with E-state index in [2.05, 4.69) is 33.7 Å². The molecule has 5 nitrogen and oxygen atoms in total. The van der Waals surface area contributed by atoms with Gasteiger partial charge in [0.25, 0.3) is 6.01 Å². The lowest BCUT2D eigenvalue weighted by Gasteiger charge is -2.17. The van der Waals surface area contributed by atoms with Gasteiger partial charge in [0, 0.05) is 12.7 Å². The van der Waals surface area contributed by atoms with E-state index in [9.17, 15) is 0 Å². The van der Waals surface area contributed by atoms with Crippen LogP contribution in [-0.2, 0) is 0 Å². The first-order valence-electron chi connectivity index (χ1n) is 5.99. The SMILES string of the molecule is CCN(CC)CCOc1nc2ncccc2[nH]1. The van der Waals surface area contributed by atoms with Crippen molar-refractivity contribution in [2.24, 2.45) is 0 Å². The molecule has 0 amide bonds. The number of pyridine rings is 1. The lowest BCUT2D eigenvalue weighted by atomic mass is 10.4. The average Bonchev–Trinajstić information content (AvgIpc) is 2.77. The molecule has 2 aromatic heterocycles. The Morgan fingerprint density at radius 1 is 1.35 bits per heavy atom. The van der Waals surface area contributed by atoms with Gasteiger partial charge in [0.05, 0.1) is 5.52 Å². The highest BCUT2D eigenvalue weighted by Crippen LogP contribution is 2.12. The Labute approximate surface area is 101 Å². The van der Waals surface area contributed by atoms with Crippen LogP contribution in [0.25, 0.3) is 11.2 Å². The van der Waals surface area contributed by atoms with Crippen LogP contribution in [0.5, 0.6) is 6.01 Å². The number of fused-ring (bicyclic) bond motifs is 1. The maximum absolute atomic E-state index is 5.58. The highest BCUT2D eigenvalue weighted by atomic mass is 16.5. The second-order valence-electron chi connectivity index (χ2n) is 3.79. The number of likely N-dealkylation sites (N-methyl/N-ethyl adjacent to an activating group) is 1. The summed E-state index contributed by atoms with van der Waals surface area (Å²) in [6, 6.07) is 4.36. The third kappa shape index (κ3) is 2.94. The highest BCUT2D eigenvalue weighted by molar-refractivity contribution is 5.70. The summed E-state index contributed by atoms with van der Waals surface area (Å²) in [4.78, 5) is 13.8. The largest absolute Gasteiger partial charge is 0.463 e. The Kier molecular flexibility index (Phi) is 3.93. The third-order valence-electron chi connectivity index (χ3n) is 2.78. The van der Waals surface area contributed by atoms with Crippen molar-refractivity contribution in [1.29, 1.82) is 0 Å². The van der Waals surface area contributed by atoms with Crippen molar-refractivity contribution < 1.29 is 4.74 Å².